The predicted octanol–water partition coefficient (Wildman–Crippen LogP) is 5.84. The van der Waals surface area contributed by atoms with Crippen LogP contribution in [0.1, 0.15) is 76.8 Å². The van der Waals surface area contributed by atoms with Crippen molar-refractivity contribution in [3.05, 3.63) is 23.3 Å². The number of nitrogens with one attached hydrogen (secondary N) is 1. The van der Waals surface area contributed by atoms with Gasteiger partial charge in [-0.3, -0.25) is 4.79 Å². The lowest BCUT2D eigenvalue weighted by Crippen LogP contribution is -2.38. The summed E-state index contributed by atoms with van der Waals surface area (Å²) in [6.45, 7) is 12.9. The molecule has 0 unspecified atom stereocenters. The number of hydrogen-bond donors (Lipinski definition) is 1. The number of anilines is 2. The zero-order valence-corrected chi connectivity index (χ0v) is 17.4. The summed E-state index contributed by atoms with van der Waals surface area (Å²) in [4.78, 5) is 14.9. The molecule has 1 aliphatic carbocycles. The molecule has 2 aliphatic rings. The van der Waals surface area contributed by atoms with Gasteiger partial charge in [0, 0.05) is 30.9 Å². The molecule has 1 spiro atoms. The smallest absolute Gasteiger partial charge is 0.224 e. The number of amides is 1. The van der Waals surface area contributed by atoms with Gasteiger partial charge in [0.05, 0.1) is 0 Å². The molecule has 3 nitrogen and oxygen atoms in total. The van der Waals surface area contributed by atoms with Gasteiger partial charge in [-0.25, -0.2) is 0 Å². The van der Waals surface area contributed by atoms with Gasteiger partial charge in [0.1, 0.15) is 0 Å². The summed E-state index contributed by atoms with van der Waals surface area (Å²) in [5, 5.41) is 3.15. The average molecular weight is 357 g/mol. The van der Waals surface area contributed by atoms with Crippen molar-refractivity contribution in [2.45, 2.75) is 79.6 Å². The highest BCUT2D eigenvalue weighted by Gasteiger charge is 2.37. The molecule has 1 aliphatic heterocycles. The Labute approximate surface area is 159 Å². The Balaban J connectivity index is 1.68. The van der Waals surface area contributed by atoms with Crippen LogP contribution in [-0.4, -0.2) is 19.0 Å². The van der Waals surface area contributed by atoms with Crippen molar-refractivity contribution in [1.82, 2.24) is 0 Å². The summed E-state index contributed by atoms with van der Waals surface area (Å²) < 4.78 is 0. The van der Waals surface area contributed by atoms with Crippen molar-refractivity contribution in [3.8, 4) is 0 Å². The highest BCUT2D eigenvalue weighted by molar-refractivity contribution is 5.93. The Morgan fingerprint density at radius 2 is 1.58 bits per heavy atom. The minimum absolute atomic E-state index is 0.00975. The van der Waals surface area contributed by atoms with Gasteiger partial charge in [-0.2, -0.15) is 0 Å². The molecule has 26 heavy (non-hydrogen) atoms. The number of nitrogens with zero attached hydrogens (tertiary/aromatic N) is 1. The Bertz CT molecular complexity index is 632. The number of benzene rings is 1. The second-order valence-corrected chi connectivity index (χ2v) is 9.93. The molecule has 1 N–H and O–H groups in total. The monoisotopic (exact) mass is 356 g/mol. The molecule has 1 aromatic carbocycles. The molecule has 3 rings (SSSR count). The van der Waals surface area contributed by atoms with Crippen molar-refractivity contribution >= 4 is 17.3 Å². The molecule has 3 heteroatoms. The fourth-order valence-electron chi connectivity index (χ4n) is 4.85. The number of hydrogen-bond acceptors (Lipinski definition) is 2. The highest BCUT2D eigenvalue weighted by atomic mass is 16.1. The van der Waals surface area contributed by atoms with E-state index in [-0.39, 0.29) is 11.3 Å². The molecule has 0 atom stereocenters. The van der Waals surface area contributed by atoms with Crippen LogP contribution in [0.4, 0.5) is 11.4 Å². The van der Waals surface area contributed by atoms with Gasteiger partial charge in [-0.1, -0.05) is 33.6 Å². The summed E-state index contributed by atoms with van der Waals surface area (Å²) >= 11 is 0. The summed E-state index contributed by atoms with van der Waals surface area (Å²) in [5.41, 5.74) is 5.32. The fraction of sp³-hybridized carbons (Fsp3) is 0.696. The Morgan fingerprint density at radius 3 is 2.08 bits per heavy atom. The van der Waals surface area contributed by atoms with Crippen LogP contribution in [0.2, 0.25) is 0 Å². The zero-order valence-electron chi connectivity index (χ0n) is 17.4. The fourth-order valence-corrected chi connectivity index (χ4v) is 4.85. The van der Waals surface area contributed by atoms with Gasteiger partial charge in [-0.05, 0) is 73.6 Å². The Hall–Kier alpha value is -1.51. The highest BCUT2D eigenvalue weighted by Crippen LogP contribution is 2.46. The van der Waals surface area contributed by atoms with Gasteiger partial charge in [0.25, 0.3) is 0 Å². The van der Waals surface area contributed by atoms with Crippen molar-refractivity contribution in [1.29, 1.82) is 0 Å². The maximum absolute atomic E-state index is 12.3. The standard InChI is InChI=1S/C23H36N2O/c1-17-14-19(25-12-10-23(11-13-25)8-6-7-9-23)15-18(2)21(17)24-20(26)16-22(3,4)5/h14-15H,6-13,16H2,1-5H3,(H,24,26). The molecule has 1 amide bonds. The van der Waals surface area contributed by atoms with E-state index >= 15 is 0 Å². The van der Waals surface area contributed by atoms with E-state index in [1.807, 2.05) is 0 Å². The van der Waals surface area contributed by atoms with E-state index in [0.717, 1.165) is 5.69 Å². The first-order valence-electron chi connectivity index (χ1n) is 10.3. The van der Waals surface area contributed by atoms with Crippen LogP contribution in [0, 0.1) is 24.7 Å². The Kier molecular flexibility index (Phi) is 5.37. The first-order valence-corrected chi connectivity index (χ1v) is 10.3. The maximum atomic E-state index is 12.3. The largest absolute Gasteiger partial charge is 0.371 e. The molecule has 0 bridgehead atoms. The SMILES string of the molecule is Cc1cc(N2CCC3(CCCC3)CC2)cc(C)c1NC(=O)CC(C)(C)C. The zero-order chi connectivity index (χ0) is 18.9. The third-order valence-corrected chi connectivity index (χ3v) is 6.33. The van der Waals surface area contributed by atoms with Crippen LogP contribution >= 0.6 is 0 Å². The number of carbonyl (C=O) groups is 1. The average Bonchev–Trinajstić information content (AvgIpc) is 2.98. The van der Waals surface area contributed by atoms with E-state index in [4.69, 9.17) is 0 Å². The third kappa shape index (κ3) is 4.42. The van der Waals surface area contributed by atoms with Gasteiger partial charge in [0.15, 0.2) is 0 Å². The van der Waals surface area contributed by atoms with Crippen LogP contribution in [0.25, 0.3) is 0 Å². The summed E-state index contributed by atoms with van der Waals surface area (Å²) in [5.74, 6) is 0.109. The predicted molar refractivity (Wildman–Crippen MR) is 111 cm³/mol. The lowest BCUT2D eigenvalue weighted by atomic mass is 9.77. The number of aryl methyl sites for hydroxylation is 2. The number of carbonyl (C=O) groups excluding carboxylic acids is 1. The summed E-state index contributed by atoms with van der Waals surface area (Å²) in [7, 11) is 0. The number of piperidine rings is 1. The quantitative estimate of drug-likeness (QED) is 0.738. The maximum Gasteiger partial charge on any atom is 0.224 e. The van der Waals surface area contributed by atoms with Crippen LogP contribution in [0.5, 0.6) is 0 Å². The second-order valence-electron chi connectivity index (χ2n) is 9.93. The molecular formula is C23H36N2O. The van der Waals surface area contributed by atoms with Crippen LogP contribution in [0.3, 0.4) is 0 Å². The summed E-state index contributed by atoms with van der Waals surface area (Å²) in [6.07, 6.45) is 8.98. The van der Waals surface area contributed by atoms with Crippen LogP contribution < -0.4 is 10.2 Å². The summed E-state index contributed by atoms with van der Waals surface area (Å²) in [6, 6.07) is 4.51. The van der Waals surface area contributed by atoms with Gasteiger partial charge >= 0.3 is 0 Å². The molecule has 1 saturated carbocycles. The van der Waals surface area contributed by atoms with Crippen molar-refractivity contribution in [3.63, 3.8) is 0 Å². The van der Waals surface area contributed by atoms with E-state index in [2.05, 4.69) is 57.0 Å². The molecule has 1 saturated heterocycles. The lowest BCUT2D eigenvalue weighted by molar-refractivity contribution is -0.117. The lowest BCUT2D eigenvalue weighted by Gasteiger charge is -2.40. The van der Waals surface area contributed by atoms with E-state index in [1.165, 1.54) is 68.4 Å². The van der Waals surface area contributed by atoms with E-state index < -0.39 is 0 Å². The normalized spacial score (nSPS) is 19.8. The number of rotatable bonds is 3. The van der Waals surface area contributed by atoms with E-state index in [1.54, 1.807) is 0 Å². The second kappa shape index (κ2) is 7.25. The van der Waals surface area contributed by atoms with E-state index in [9.17, 15) is 4.79 Å². The van der Waals surface area contributed by atoms with Crippen molar-refractivity contribution in [2.24, 2.45) is 10.8 Å². The molecule has 0 radical (unpaired) electrons. The molecule has 1 aromatic rings. The van der Waals surface area contributed by atoms with Gasteiger partial charge in [-0.15, -0.1) is 0 Å². The van der Waals surface area contributed by atoms with Crippen LogP contribution in [-0.2, 0) is 4.79 Å². The molecule has 0 aromatic heterocycles. The molecule has 2 fully saturated rings. The molecular weight excluding hydrogens is 320 g/mol. The minimum atomic E-state index is 0.00975. The minimum Gasteiger partial charge on any atom is -0.371 e. The van der Waals surface area contributed by atoms with Gasteiger partial charge in [0.2, 0.25) is 5.91 Å². The first-order chi connectivity index (χ1) is 12.2. The van der Waals surface area contributed by atoms with Crippen LogP contribution in [0.15, 0.2) is 12.1 Å². The molecule has 1 heterocycles. The Morgan fingerprint density at radius 1 is 1.04 bits per heavy atom. The van der Waals surface area contributed by atoms with E-state index in [0.29, 0.717) is 11.8 Å². The topological polar surface area (TPSA) is 32.3 Å². The molecule has 144 valence electrons. The third-order valence-electron chi connectivity index (χ3n) is 6.33. The first kappa shape index (κ1) is 19.3. The van der Waals surface area contributed by atoms with Crippen molar-refractivity contribution < 1.29 is 4.79 Å². The van der Waals surface area contributed by atoms with Gasteiger partial charge < -0.3 is 10.2 Å². The van der Waals surface area contributed by atoms with Crippen molar-refractivity contribution in [2.75, 3.05) is 23.3 Å².